The maximum absolute atomic E-state index is 11.6. The van der Waals surface area contributed by atoms with Crippen molar-refractivity contribution in [3.8, 4) is 0 Å². The molecule has 1 amide bonds. The highest BCUT2D eigenvalue weighted by Gasteiger charge is 2.20. The van der Waals surface area contributed by atoms with E-state index < -0.39 is 0 Å². The molecule has 0 bridgehead atoms. The highest BCUT2D eigenvalue weighted by atomic mass is 16.3. The first-order valence-corrected chi connectivity index (χ1v) is 6.72. The topological polar surface area (TPSA) is 78.4 Å². The van der Waals surface area contributed by atoms with E-state index in [1.807, 2.05) is 13.0 Å². The molecule has 0 spiro atoms. The second kappa shape index (κ2) is 6.47. The van der Waals surface area contributed by atoms with E-state index in [2.05, 4.69) is 20.4 Å². The zero-order valence-corrected chi connectivity index (χ0v) is 11.2. The van der Waals surface area contributed by atoms with Crippen molar-refractivity contribution in [1.82, 2.24) is 15.5 Å². The molecule has 0 aromatic carbocycles. The Kier molecular flexibility index (Phi) is 4.68. The molecule has 19 heavy (non-hydrogen) atoms. The van der Waals surface area contributed by atoms with Crippen LogP contribution in [0.4, 0.5) is 5.82 Å². The van der Waals surface area contributed by atoms with Crippen molar-refractivity contribution in [3.05, 3.63) is 17.8 Å². The lowest BCUT2D eigenvalue weighted by Crippen LogP contribution is -2.35. The van der Waals surface area contributed by atoms with Gasteiger partial charge in [-0.1, -0.05) is 0 Å². The molecule has 1 aromatic heterocycles. The Balaban J connectivity index is 1.97. The molecule has 0 unspecified atom stereocenters. The molecule has 0 saturated carbocycles. The van der Waals surface area contributed by atoms with E-state index in [-0.39, 0.29) is 12.5 Å². The summed E-state index contributed by atoms with van der Waals surface area (Å²) < 4.78 is 0. The maximum atomic E-state index is 11.6. The number of anilines is 1. The SMILES string of the molecule is CCNC(=O)c1ccc(N2CCC(CO)CC2)nn1. The van der Waals surface area contributed by atoms with E-state index in [0.29, 0.717) is 18.2 Å². The van der Waals surface area contributed by atoms with Gasteiger partial charge in [0.15, 0.2) is 11.5 Å². The Bertz CT molecular complexity index is 413. The molecule has 104 valence electrons. The number of piperidine rings is 1. The molecule has 1 aliphatic rings. The number of amides is 1. The van der Waals surface area contributed by atoms with Gasteiger partial charge < -0.3 is 15.3 Å². The first-order chi connectivity index (χ1) is 9.24. The second-order valence-corrected chi connectivity index (χ2v) is 4.75. The summed E-state index contributed by atoms with van der Waals surface area (Å²) in [5.41, 5.74) is 0.343. The molecule has 2 N–H and O–H groups in total. The Morgan fingerprint density at radius 2 is 2.16 bits per heavy atom. The van der Waals surface area contributed by atoms with Gasteiger partial charge in [-0.05, 0) is 37.8 Å². The smallest absolute Gasteiger partial charge is 0.271 e. The van der Waals surface area contributed by atoms with E-state index in [0.717, 1.165) is 31.7 Å². The lowest BCUT2D eigenvalue weighted by Gasteiger charge is -2.31. The molecule has 1 fully saturated rings. The zero-order chi connectivity index (χ0) is 13.7. The highest BCUT2D eigenvalue weighted by Crippen LogP contribution is 2.20. The Hall–Kier alpha value is -1.69. The van der Waals surface area contributed by atoms with Gasteiger partial charge in [-0.3, -0.25) is 4.79 Å². The van der Waals surface area contributed by atoms with Crippen LogP contribution in [0.5, 0.6) is 0 Å². The van der Waals surface area contributed by atoms with Crippen LogP contribution in [0.1, 0.15) is 30.3 Å². The predicted molar refractivity (Wildman–Crippen MR) is 72.1 cm³/mol. The summed E-state index contributed by atoms with van der Waals surface area (Å²) in [4.78, 5) is 13.7. The van der Waals surface area contributed by atoms with Crippen LogP contribution in [-0.2, 0) is 0 Å². The van der Waals surface area contributed by atoms with Crippen LogP contribution in [0.3, 0.4) is 0 Å². The number of nitrogens with one attached hydrogen (secondary N) is 1. The number of carbonyl (C=O) groups excluding carboxylic acids is 1. The molecule has 1 aliphatic heterocycles. The molecular weight excluding hydrogens is 244 g/mol. The van der Waals surface area contributed by atoms with E-state index in [4.69, 9.17) is 5.11 Å². The fraction of sp³-hybridized carbons (Fsp3) is 0.615. The minimum Gasteiger partial charge on any atom is -0.396 e. The summed E-state index contributed by atoms with van der Waals surface area (Å²) in [6, 6.07) is 3.53. The Labute approximate surface area is 112 Å². The van der Waals surface area contributed by atoms with Crippen molar-refractivity contribution in [1.29, 1.82) is 0 Å². The van der Waals surface area contributed by atoms with Crippen LogP contribution >= 0.6 is 0 Å². The summed E-state index contributed by atoms with van der Waals surface area (Å²) in [5.74, 6) is 1.00. The van der Waals surface area contributed by atoms with Crippen LogP contribution in [0.15, 0.2) is 12.1 Å². The summed E-state index contributed by atoms with van der Waals surface area (Å²) >= 11 is 0. The van der Waals surface area contributed by atoms with Gasteiger partial charge in [-0.25, -0.2) is 0 Å². The maximum Gasteiger partial charge on any atom is 0.271 e. The predicted octanol–water partition coefficient (Wildman–Crippen LogP) is 0.435. The number of hydrogen-bond acceptors (Lipinski definition) is 5. The zero-order valence-electron chi connectivity index (χ0n) is 11.2. The number of nitrogens with zero attached hydrogens (tertiary/aromatic N) is 3. The number of aliphatic hydroxyl groups excluding tert-OH is 1. The van der Waals surface area contributed by atoms with Gasteiger partial charge >= 0.3 is 0 Å². The van der Waals surface area contributed by atoms with Crippen LogP contribution in [0.2, 0.25) is 0 Å². The molecule has 6 heteroatoms. The van der Waals surface area contributed by atoms with Crippen molar-refractivity contribution < 1.29 is 9.90 Å². The molecule has 0 atom stereocenters. The summed E-state index contributed by atoms with van der Waals surface area (Å²) in [5, 5.41) is 19.9. The number of aliphatic hydroxyl groups is 1. The van der Waals surface area contributed by atoms with Crippen molar-refractivity contribution in [2.75, 3.05) is 31.1 Å². The molecule has 0 radical (unpaired) electrons. The third kappa shape index (κ3) is 3.41. The fourth-order valence-corrected chi connectivity index (χ4v) is 2.21. The number of carbonyl (C=O) groups is 1. The van der Waals surface area contributed by atoms with Crippen molar-refractivity contribution in [2.24, 2.45) is 5.92 Å². The van der Waals surface area contributed by atoms with Gasteiger partial charge in [0.25, 0.3) is 5.91 Å². The number of aromatic nitrogens is 2. The van der Waals surface area contributed by atoms with Crippen molar-refractivity contribution in [2.45, 2.75) is 19.8 Å². The molecular formula is C13H20N4O2. The second-order valence-electron chi connectivity index (χ2n) is 4.75. The minimum absolute atomic E-state index is 0.194. The van der Waals surface area contributed by atoms with Crippen molar-refractivity contribution >= 4 is 11.7 Å². The Morgan fingerprint density at radius 3 is 2.68 bits per heavy atom. The average Bonchev–Trinajstić information content (AvgIpc) is 2.48. The van der Waals surface area contributed by atoms with Gasteiger partial charge in [-0.15, -0.1) is 10.2 Å². The van der Waals surface area contributed by atoms with E-state index in [1.54, 1.807) is 6.07 Å². The monoisotopic (exact) mass is 264 g/mol. The normalized spacial score (nSPS) is 16.4. The van der Waals surface area contributed by atoms with Gasteiger partial charge in [0.1, 0.15) is 0 Å². The summed E-state index contributed by atoms with van der Waals surface area (Å²) in [6.45, 7) is 4.46. The summed E-state index contributed by atoms with van der Waals surface area (Å²) in [7, 11) is 0. The van der Waals surface area contributed by atoms with E-state index in [9.17, 15) is 4.79 Å². The quantitative estimate of drug-likeness (QED) is 0.825. The van der Waals surface area contributed by atoms with Crippen molar-refractivity contribution in [3.63, 3.8) is 0 Å². The molecule has 2 rings (SSSR count). The average molecular weight is 264 g/mol. The fourth-order valence-electron chi connectivity index (χ4n) is 2.21. The first kappa shape index (κ1) is 13.7. The van der Waals surface area contributed by atoms with Gasteiger partial charge in [-0.2, -0.15) is 0 Å². The lowest BCUT2D eigenvalue weighted by molar-refractivity contribution is 0.0950. The molecule has 6 nitrogen and oxygen atoms in total. The van der Waals surface area contributed by atoms with Crippen LogP contribution in [0, 0.1) is 5.92 Å². The highest BCUT2D eigenvalue weighted by molar-refractivity contribution is 5.92. The molecule has 0 aliphatic carbocycles. The van der Waals surface area contributed by atoms with Gasteiger partial charge in [0.2, 0.25) is 0 Å². The van der Waals surface area contributed by atoms with Crippen LogP contribution in [-0.4, -0.2) is 47.5 Å². The van der Waals surface area contributed by atoms with Crippen LogP contribution in [0.25, 0.3) is 0 Å². The molecule has 1 aromatic rings. The number of hydrogen-bond donors (Lipinski definition) is 2. The van der Waals surface area contributed by atoms with E-state index in [1.165, 1.54) is 0 Å². The third-order valence-corrected chi connectivity index (χ3v) is 3.42. The van der Waals surface area contributed by atoms with E-state index >= 15 is 0 Å². The molecule has 1 saturated heterocycles. The largest absolute Gasteiger partial charge is 0.396 e. The van der Waals surface area contributed by atoms with Gasteiger partial charge in [0.05, 0.1) is 0 Å². The Morgan fingerprint density at radius 1 is 1.42 bits per heavy atom. The van der Waals surface area contributed by atoms with Crippen LogP contribution < -0.4 is 10.2 Å². The number of rotatable bonds is 4. The third-order valence-electron chi connectivity index (χ3n) is 3.42. The first-order valence-electron chi connectivity index (χ1n) is 6.72. The lowest BCUT2D eigenvalue weighted by atomic mass is 9.98. The minimum atomic E-state index is -0.194. The standard InChI is InChI=1S/C13H20N4O2/c1-2-14-13(19)11-3-4-12(16-15-11)17-7-5-10(9-18)6-8-17/h3-4,10,18H,2,5-9H2,1H3,(H,14,19). The molecule has 2 heterocycles. The summed E-state index contributed by atoms with van der Waals surface area (Å²) in [6.07, 6.45) is 1.94. The van der Waals surface area contributed by atoms with Gasteiger partial charge in [0, 0.05) is 26.2 Å².